The van der Waals surface area contributed by atoms with E-state index in [2.05, 4.69) is 11.5 Å². The van der Waals surface area contributed by atoms with E-state index < -0.39 is 12.2 Å². The van der Waals surface area contributed by atoms with Crippen molar-refractivity contribution >= 4 is 0 Å². The number of rotatable bonds is 3. The van der Waals surface area contributed by atoms with E-state index in [1.165, 1.54) is 0 Å². The minimum Gasteiger partial charge on any atom is -0.389 e. The van der Waals surface area contributed by atoms with Crippen molar-refractivity contribution in [2.75, 3.05) is 19.6 Å². The highest BCUT2D eigenvalue weighted by Gasteiger charge is 2.28. The lowest BCUT2D eigenvalue weighted by molar-refractivity contribution is 0.0572. The zero-order chi connectivity index (χ0) is 9.14. The van der Waals surface area contributed by atoms with Gasteiger partial charge < -0.3 is 10.2 Å². The normalized spacial score (nSPS) is 30.9. The minimum absolute atomic E-state index is 0.560. The first kappa shape index (κ1) is 9.71. The van der Waals surface area contributed by atoms with Crippen molar-refractivity contribution in [3.63, 3.8) is 0 Å². The zero-order valence-corrected chi connectivity index (χ0v) is 7.53. The number of hydrogen-bond donors (Lipinski definition) is 2. The Kier molecular flexibility index (Phi) is 3.26. The average Bonchev–Trinajstić information content (AvgIpc) is 2.28. The Morgan fingerprint density at radius 2 is 1.92 bits per heavy atom. The molecule has 1 fully saturated rings. The number of β-amino-alcohol motifs (C(OH)–C–C–N with tert-alkyl or cyclic N) is 2. The molecule has 2 N–H and O–H groups in total. The molecule has 70 valence electrons. The number of aliphatic hydroxyl groups is 2. The van der Waals surface area contributed by atoms with Crippen molar-refractivity contribution in [3.8, 4) is 0 Å². The third-order valence-electron chi connectivity index (χ3n) is 2.19. The summed E-state index contributed by atoms with van der Waals surface area (Å²) in [5, 5.41) is 18.4. The minimum atomic E-state index is -0.560. The third-order valence-corrected chi connectivity index (χ3v) is 2.19. The largest absolute Gasteiger partial charge is 0.389 e. The zero-order valence-electron chi connectivity index (χ0n) is 7.53. The van der Waals surface area contributed by atoms with Gasteiger partial charge in [0.2, 0.25) is 0 Å². The monoisotopic (exact) mass is 171 g/mol. The molecule has 0 bridgehead atoms. The van der Waals surface area contributed by atoms with Crippen LogP contribution in [-0.4, -0.2) is 47.0 Å². The predicted octanol–water partition coefficient (Wildman–Crippen LogP) is -0.01000. The van der Waals surface area contributed by atoms with Crippen LogP contribution >= 0.6 is 0 Å². The maximum absolute atomic E-state index is 9.22. The quantitative estimate of drug-likeness (QED) is 0.587. The van der Waals surface area contributed by atoms with Crippen molar-refractivity contribution in [1.29, 1.82) is 0 Å². The van der Waals surface area contributed by atoms with E-state index in [4.69, 9.17) is 0 Å². The SMILES string of the molecule is C=C(C)CCN1C[C@@H](O)[C@@H](O)C1. The maximum Gasteiger partial charge on any atom is 0.0938 e. The van der Waals surface area contributed by atoms with E-state index in [9.17, 15) is 10.2 Å². The molecule has 12 heavy (non-hydrogen) atoms. The first-order valence-corrected chi connectivity index (χ1v) is 4.32. The van der Waals surface area contributed by atoms with Crippen LogP contribution in [0.25, 0.3) is 0 Å². The molecule has 3 heteroatoms. The Hall–Kier alpha value is -0.380. The lowest BCUT2D eigenvalue weighted by Gasteiger charge is -2.13. The summed E-state index contributed by atoms with van der Waals surface area (Å²) in [6.07, 6.45) is -0.176. The fourth-order valence-electron chi connectivity index (χ4n) is 1.38. The molecule has 0 aromatic carbocycles. The molecule has 0 radical (unpaired) electrons. The Balaban J connectivity index is 2.23. The van der Waals surface area contributed by atoms with Crippen molar-refractivity contribution < 1.29 is 10.2 Å². The summed E-state index contributed by atoms with van der Waals surface area (Å²) in [6.45, 7) is 7.87. The molecule has 0 aliphatic carbocycles. The maximum atomic E-state index is 9.22. The molecule has 0 aromatic heterocycles. The lowest BCUT2D eigenvalue weighted by Crippen LogP contribution is -2.23. The second-order valence-electron chi connectivity index (χ2n) is 3.60. The predicted molar refractivity (Wildman–Crippen MR) is 47.9 cm³/mol. The summed E-state index contributed by atoms with van der Waals surface area (Å²) in [5.74, 6) is 0. The van der Waals surface area contributed by atoms with Crippen LogP contribution in [0.4, 0.5) is 0 Å². The Morgan fingerprint density at radius 1 is 1.42 bits per heavy atom. The van der Waals surface area contributed by atoms with Gasteiger partial charge in [-0.05, 0) is 13.3 Å². The first-order chi connectivity index (χ1) is 5.59. The highest BCUT2D eigenvalue weighted by molar-refractivity contribution is 4.91. The lowest BCUT2D eigenvalue weighted by atomic mass is 10.2. The van der Waals surface area contributed by atoms with E-state index in [0.717, 1.165) is 18.5 Å². The third kappa shape index (κ3) is 2.59. The van der Waals surface area contributed by atoms with E-state index >= 15 is 0 Å². The van der Waals surface area contributed by atoms with Gasteiger partial charge in [0.25, 0.3) is 0 Å². The molecular weight excluding hydrogens is 154 g/mol. The molecule has 1 rings (SSSR count). The Bertz CT molecular complexity index is 160. The van der Waals surface area contributed by atoms with Gasteiger partial charge in [-0.25, -0.2) is 0 Å². The molecule has 0 spiro atoms. The van der Waals surface area contributed by atoms with E-state index in [1.807, 2.05) is 6.92 Å². The Labute approximate surface area is 73.3 Å². The van der Waals surface area contributed by atoms with Crippen LogP contribution in [-0.2, 0) is 0 Å². The molecule has 1 aliphatic heterocycles. The second kappa shape index (κ2) is 4.03. The first-order valence-electron chi connectivity index (χ1n) is 4.32. The number of likely N-dealkylation sites (tertiary alicyclic amines) is 1. The molecule has 0 aromatic rings. The average molecular weight is 171 g/mol. The van der Waals surface area contributed by atoms with Gasteiger partial charge in [0, 0.05) is 19.6 Å². The smallest absolute Gasteiger partial charge is 0.0938 e. The van der Waals surface area contributed by atoms with Crippen LogP contribution in [0.15, 0.2) is 12.2 Å². The van der Waals surface area contributed by atoms with Crippen molar-refractivity contribution in [3.05, 3.63) is 12.2 Å². The van der Waals surface area contributed by atoms with E-state index in [-0.39, 0.29) is 0 Å². The summed E-state index contributed by atoms with van der Waals surface area (Å²) >= 11 is 0. The fourth-order valence-corrected chi connectivity index (χ4v) is 1.38. The molecule has 0 unspecified atom stereocenters. The van der Waals surface area contributed by atoms with Gasteiger partial charge >= 0.3 is 0 Å². The van der Waals surface area contributed by atoms with Crippen LogP contribution in [0.5, 0.6) is 0 Å². The number of aliphatic hydroxyl groups excluding tert-OH is 2. The van der Waals surface area contributed by atoms with Crippen molar-refractivity contribution in [2.45, 2.75) is 25.6 Å². The van der Waals surface area contributed by atoms with Gasteiger partial charge in [0.1, 0.15) is 0 Å². The molecule has 1 saturated heterocycles. The molecule has 3 nitrogen and oxygen atoms in total. The topological polar surface area (TPSA) is 43.7 Å². The molecule has 0 saturated carbocycles. The summed E-state index contributed by atoms with van der Waals surface area (Å²) in [6, 6.07) is 0. The number of hydrogen-bond acceptors (Lipinski definition) is 3. The summed E-state index contributed by atoms with van der Waals surface area (Å²) in [7, 11) is 0. The van der Waals surface area contributed by atoms with Gasteiger partial charge in [-0.2, -0.15) is 0 Å². The molecule has 2 atom stereocenters. The van der Waals surface area contributed by atoms with Crippen LogP contribution < -0.4 is 0 Å². The van der Waals surface area contributed by atoms with Gasteiger partial charge in [-0.15, -0.1) is 6.58 Å². The van der Waals surface area contributed by atoms with Crippen LogP contribution in [0.1, 0.15) is 13.3 Å². The fraction of sp³-hybridized carbons (Fsp3) is 0.778. The Morgan fingerprint density at radius 3 is 2.33 bits per heavy atom. The van der Waals surface area contributed by atoms with Gasteiger partial charge in [-0.3, -0.25) is 4.90 Å². The van der Waals surface area contributed by atoms with E-state index in [1.54, 1.807) is 0 Å². The molecule has 1 heterocycles. The molecule has 0 amide bonds. The van der Waals surface area contributed by atoms with Gasteiger partial charge in [0.05, 0.1) is 12.2 Å². The van der Waals surface area contributed by atoms with Crippen LogP contribution in [0.2, 0.25) is 0 Å². The van der Waals surface area contributed by atoms with E-state index in [0.29, 0.717) is 13.1 Å². The second-order valence-corrected chi connectivity index (χ2v) is 3.60. The molecule has 1 aliphatic rings. The standard InChI is InChI=1S/C9H17NO2/c1-7(2)3-4-10-5-8(11)9(12)6-10/h8-9,11-12H,1,3-6H2,2H3/t8-,9+. The highest BCUT2D eigenvalue weighted by atomic mass is 16.3. The van der Waals surface area contributed by atoms with Crippen LogP contribution in [0, 0.1) is 0 Å². The van der Waals surface area contributed by atoms with Crippen molar-refractivity contribution in [1.82, 2.24) is 4.90 Å². The summed E-state index contributed by atoms with van der Waals surface area (Å²) in [5.41, 5.74) is 1.14. The molecular formula is C9H17NO2. The summed E-state index contributed by atoms with van der Waals surface area (Å²) < 4.78 is 0. The van der Waals surface area contributed by atoms with Gasteiger partial charge in [-0.1, -0.05) is 5.57 Å². The highest BCUT2D eigenvalue weighted by Crippen LogP contribution is 2.11. The van der Waals surface area contributed by atoms with Crippen molar-refractivity contribution in [2.24, 2.45) is 0 Å². The van der Waals surface area contributed by atoms with Crippen LogP contribution in [0.3, 0.4) is 0 Å². The number of nitrogens with zero attached hydrogens (tertiary/aromatic N) is 1. The van der Waals surface area contributed by atoms with Gasteiger partial charge in [0.15, 0.2) is 0 Å². The summed E-state index contributed by atoms with van der Waals surface area (Å²) in [4.78, 5) is 2.06.